The number of unbranched alkanes of at least 4 members (excludes halogenated alkanes) is 7. The summed E-state index contributed by atoms with van der Waals surface area (Å²) in [5, 5.41) is 7.58. The van der Waals surface area contributed by atoms with Crippen molar-refractivity contribution in [3.63, 3.8) is 0 Å². The molecule has 4 heteroatoms. The van der Waals surface area contributed by atoms with Crippen LogP contribution in [0.4, 0.5) is 4.39 Å². The summed E-state index contributed by atoms with van der Waals surface area (Å²) >= 11 is 0. The lowest BCUT2D eigenvalue weighted by atomic mass is 10.1. The molecule has 0 aromatic heterocycles. The highest BCUT2D eigenvalue weighted by Crippen LogP contribution is 2.10. The number of hydrogen-bond acceptors (Lipinski definition) is 3. The zero-order valence-electron chi connectivity index (χ0n) is 16.0. The predicted molar refractivity (Wildman–Crippen MR) is 105 cm³/mol. The second kappa shape index (κ2) is 14.9. The zero-order valence-corrected chi connectivity index (χ0v) is 16.0. The van der Waals surface area contributed by atoms with E-state index >= 15 is 0 Å². The fourth-order valence-corrected chi connectivity index (χ4v) is 2.88. The average Bonchev–Trinajstić information content (AvgIpc) is 2.62. The van der Waals surface area contributed by atoms with Gasteiger partial charge in [0.05, 0.1) is 5.71 Å². The predicted octanol–water partition coefficient (Wildman–Crippen LogP) is 5.69. The van der Waals surface area contributed by atoms with Crippen molar-refractivity contribution in [1.82, 2.24) is 5.32 Å². The molecule has 1 aromatic rings. The van der Waals surface area contributed by atoms with Gasteiger partial charge in [-0.3, -0.25) is 0 Å². The van der Waals surface area contributed by atoms with Crippen LogP contribution in [0.5, 0.6) is 0 Å². The topological polar surface area (TPSA) is 33.6 Å². The molecule has 1 aromatic carbocycles. The van der Waals surface area contributed by atoms with Gasteiger partial charge in [0, 0.05) is 0 Å². The van der Waals surface area contributed by atoms with Crippen molar-refractivity contribution in [3.8, 4) is 0 Å². The molecule has 0 unspecified atom stereocenters. The first kappa shape index (κ1) is 21.6. The molecule has 0 radical (unpaired) electrons. The van der Waals surface area contributed by atoms with Crippen LogP contribution in [0.2, 0.25) is 0 Å². The summed E-state index contributed by atoms with van der Waals surface area (Å²) in [6.07, 6.45) is 12.6. The number of benzene rings is 1. The van der Waals surface area contributed by atoms with Crippen molar-refractivity contribution >= 4 is 5.71 Å². The second-order valence-electron chi connectivity index (χ2n) is 6.56. The maximum Gasteiger partial charge on any atom is 0.123 e. The summed E-state index contributed by atoms with van der Waals surface area (Å²) in [5.41, 5.74) is 1.79. The Kier molecular flexibility index (Phi) is 12.9. The van der Waals surface area contributed by atoms with Gasteiger partial charge in [-0.2, -0.15) is 0 Å². The standard InChI is InChI=1S/C21H35FN2O/c1-3-4-5-6-7-8-9-10-17-23-18-11-12-21(24-25-2)19-13-15-20(22)16-14-19/h13-16,23H,3-12,17-18H2,1-2H3/b24-21-. The molecule has 0 spiro atoms. The van der Waals surface area contributed by atoms with Gasteiger partial charge in [-0.15, -0.1) is 0 Å². The van der Waals surface area contributed by atoms with Gasteiger partial charge in [-0.1, -0.05) is 69.2 Å². The summed E-state index contributed by atoms with van der Waals surface area (Å²) < 4.78 is 13.0. The minimum absolute atomic E-state index is 0.229. The van der Waals surface area contributed by atoms with E-state index in [2.05, 4.69) is 17.4 Å². The molecule has 0 aliphatic rings. The zero-order chi connectivity index (χ0) is 18.2. The smallest absolute Gasteiger partial charge is 0.123 e. The lowest BCUT2D eigenvalue weighted by molar-refractivity contribution is 0.212. The van der Waals surface area contributed by atoms with Gasteiger partial charge in [-0.25, -0.2) is 4.39 Å². The third kappa shape index (κ3) is 10.9. The van der Waals surface area contributed by atoms with E-state index in [9.17, 15) is 4.39 Å². The van der Waals surface area contributed by atoms with E-state index in [1.807, 2.05) is 0 Å². The van der Waals surface area contributed by atoms with Crippen LogP contribution in [0.25, 0.3) is 0 Å². The Bertz CT molecular complexity index is 459. The molecule has 3 nitrogen and oxygen atoms in total. The van der Waals surface area contributed by atoms with E-state index < -0.39 is 0 Å². The normalized spacial score (nSPS) is 11.7. The maximum absolute atomic E-state index is 13.0. The van der Waals surface area contributed by atoms with Crippen LogP contribution in [0.1, 0.15) is 76.7 Å². The molecule has 0 fully saturated rings. The molecule has 0 aliphatic heterocycles. The molecule has 0 heterocycles. The number of nitrogens with one attached hydrogen (secondary N) is 1. The van der Waals surface area contributed by atoms with Gasteiger partial charge in [-0.05, 0) is 50.0 Å². The number of nitrogens with zero attached hydrogens (tertiary/aromatic N) is 1. The van der Waals surface area contributed by atoms with Gasteiger partial charge in [0.25, 0.3) is 0 Å². The van der Waals surface area contributed by atoms with E-state index in [4.69, 9.17) is 4.84 Å². The molecule has 0 amide bonds. The Labute approximate surface area is 153 Å². The molecule has 1 rings (SSSR count). The summed E-state index contributed by atoms with van der Waals surface area (Å²) in [4.78, 5) is 4.92. The Balaban J connectivity index is 2.05. The van der Waals surface area contributed by atoms with Crippen LogP contribution in [0, 0.1) is 5.82 Å². The van der Waals surface area contributed by atoms with Crippen molar-refractivity contribution in [3.05, 3.63) is 35.6 Å². The molecule has 0 saturated carbocycles. The van der Waals surface area contributed by atoms with Gasteiger partial charge >= 0.3 is 0 Å². The molecular formula is C21H35FN2O. The van der Waals surface area contributed by atoms with Crippen LogP contribution < -0.4 is 5.32 Å². The van der Waals surface area contributed by atoms with Crippen LogP contribution >= 0.6 is 0 Å². The van der Waals surface area contributed by atoms with Gasteiger partial charge in [0.15, 0.2) is 0 Å². The van der Waals surface area contributed by atoms with Gasteiger partial charge < -0.3 is 10.2 Å². The van der Waals surface area contributed by atoms with Crippen molar-refractivity contribution in [2.24, 2.45) is 5.16 Å². The Morgan fingerprint density at radius 2 is 1.52 bits per heavy atom. The number of oxime groups is 1. The molecule has 142 valence electrons. The Morgan fingerprint density at radius 3 is 2.16 bits per heavy atom. The van der Waals surface area contributed by atoms with Crippen molar-refractivity contribution < 1.29 is 9.23 Å². The van der Waals surface area contributed by atoms with Crippen molar-refractivity contribution in [2.75, 3.05) is 20.2 Å². The fourth-order valence-electron chi connectivity index (χ4n) is 2.88. The van der Waals surface area contributed by atoms with E-state index in [1.165, 1.54) is 63.5 Å². The first-order chi connectivity index (χ1) is 12.3. The largest absolute Gasteiger partial charge is 0.399 e. The molecule has 1 N–H and O–H groups in total. The van der Waals surface area contributed by atoms with Crippen LogP contribution in [0.15, 0.2) is 29.4 Å². The van der Waals surface area contributed by atoms with Gasteiger partial charge in [0.1, 0.15) is 12.9 Å². The first-order valence-electron chi connectivity index (χ1n) is 9.84. The highest BCUT2D eigenvalue weighted by atomic mass is 19.1. The lowest BCUT2D eigenvalue weighted by Crippen LogP contribution is -2.17. The van der Waals surface area contributed by atoms with Crippen LogP contribution in [-0.4, -0.2) is 25.9 Å². The van der Waals surface area contributed by atoms with E-state index in [-0.39, 0.29) is 5.82 Å². The summed E-state index contributed by atoms with van der Waals surface area (Å²) in [7, 11) is 1.55. The molecule has 0 aliphatic carbocycles. The van der Waals surface area contributed by atoms with E-state index in [0.29, 0.717) is 0 Å². The molecule has 0 atom stereocenters. The van der Waals surface area contributed by atoms with Crippen LogP contribution in [-0.2, 0) is 4.84 Å². The molecule has 0 saturated heterocycles. The minimum atomic E-state index is -0.229. The van der Waals surface area contributed by atoms with Crippen molar-refractivity contribution in [2.45, 2.75) is 71.1 Å². The number of halogens is 1. The maximum atomic E-state index is 13.0. The summed E-state index contributed by atoms with van der Waals surface area (Å²) in [5.74, 6) is -0.229. The summed E-state index contributed by atoms with van der Waals surface area (Å²) in [6.45, 7) is 4.32. The average molecular weight is 351 g/mol. The number of rotatable bonds is 15. The fraction of sp³-hybridized carbons (Fsp3) is 0.667. The van der Waals surface area contributed by atoms with E-state index in [0.717, 1.165) is 37.2 Å². The summed E-state index contributed by atoms with van der Waals surface area (Å²) in [6, 6.07) is 6.42. The SMILES string of the molecule is CCCCCCCCCCNCCC/C(=N/OC)c1ccc(F)cc1. The molecule has 0 bridgehead atoms. The van der Waals surface area contributed by atoms with Crippen LogP contribution in [0.3, 0.4) is 0 Å². The van der Waals surface area contributed by atoms with Crippen molar-refractivity contribution in [1.29, 1.82) is 0 Å². The molecule has 25 heavy (non-hydrogen) atoms. The minimum Gasteiger partial charge on any atom is -0.399 e. The highest BCUT2D eigenvalue weighted by Gasteiger charge is 2.05. The Morgan fingerprint density at radius 1 is 0.920 bits per heavy atom. The monoisotopic (exact) mass is 350 g/mol. The Hall–Kier alpha value is -1.42. The van der Waals surface area contributed by atoms with Gasteiger partial charge in [0.2, 0.25) is 0 Å². The highest BCUT2D eigenvalue weighted by molar-refractivity contribution is 6.00. The number of hydrogen-bond donors (Lipinski definition) is 1. The quantitative estimate of drug-likeness (QED) is 0.250. The third-order valence-corrected chi connectivity index (χ3v) is 4.35. The lowest BCUT2D eigenvalue weighted by Gasteiger charge is -2.07. The third-order valence-electron chi connectivity index (χ3n) is 4.35. The second-order valence-corrected chi connectivity index (χ2v) is 6.56. The van der Waals surface area contributed by atoms with E-state index in [1.54, 1.807) is 19.2 Å². The molecular weight excluding hydrogens is 315 g/mol. The first-order valence-corrected chi connectivity index (χ1v) is 9.84.